The van der Waals surface area contributed by atoms with E-state index in [9.17, 15) is 24.0 Å². The zero-order valence-electron chi connectivity index (χ0n) is 15.6. The number of esters is 5. The molecule has 0 amide bonds. The highest BCUT2D eigenvalue weighted by atomic mass is 16.7. The van der Waals surface area contributed by atoms with Crippen LogP contribution in [-0.4, -0.2) is 74.1 Å². The Hall–Kier alpha value is -2.69. The highest BCUT2D eigenvalue weighted by Gasteiger charge is 2.54. The first-order chi connectivity index (χ1) is 12.6. The number of hydrogen-bond donors (Lipinski definition) is 0. The molecule has 0 bridgehead atoms. The lowest BCUT2D eigenvalue weighted by molar-refractivity contribution is -0.253. The molecule has 0 aromatic heterocycles. The summed E-state index contributed by atoms with van der Waals surface area (Å²) in [6.45, 7) is 3.99. The fraction of sp³-hybridized carbons (Fsp3) is 0.688. The zero-order valence-corrected chi connectivity index (χ0v) is 15.6. The van der Waals surface area contributed by atoms with Crippen molar-refractivity contribution in [1.82, 2.24) is 0 Å². The lowest BCUT2D eigenvalue weighted by atomic mass is 9.94. The average molecular weight is 390 g/mol. The summed E-state index contributed by atoms with van der Waals surface area (Å²) in [5, 5.41) is 0. The SMILES string of the molecule is COC(=O)C1OC(COC(C)=O)C(OC(C)=O)C(OC(C)=O)C1OC(C)=O. The second kappa shape index (κ2) is 9.86. The molecule has 0 aromatic carbocycles. The predicted molar refractivity (Wildman–Crippen MR) is 84.0 cm³/mol. The van der Waals surface area contributed by atoms with Gasteiger partial charge in [-0.1, -0.05) is 0 Å². The molecule has 1 heterocycles. The van der Waals surface area contributed by atoms with Crippen molar-refractivity contribution in [1.29, 1.82) is 0 Å². The molecule has 0 N–H and O–H groups in total. The molecule has 1 saturated heterocycles. The molecular formula is C16H22O11. The Morgan fingerprint density at radius 3 is 1.67 bits per heavy atom. The first kappa shape index (κ1) is 22.4. The van der Waals surface area contributed by atoms with E-state index in [4.69, 9.17) is 23.7 Å². The normalized spacial score (nSPS) is 27.1. The van der Waals surface area contributed by atoms with E-state index in [2.05, 4.69) is 4.74 Å². The Kier molecular flexibility index (Phi) is 8.16. The van der Waals surface area contributed by atoms with Crippen LogP contribution in [0, 0.1) is 0 Å². The lowest BCUT2D eigenvalue weighted by Crippen LogP contribution is -2.64. The number of ether oxygens (including phenoxy) is 6. The summed E-state index contributed by atoms with van der Waals surface area (Å²) in [4.78, 5) is 57.8. The van der Waals surface area contributed by atoms with Crippen LogP contribution in [0.5, 0.6) is 0 Å². The van der Waals surface area contributed by atoms with Crippen molar-refractivity contribution < 1.29 is 52.4 Å². The van der Waals surface area contributed by atoms with Gasteiger partial charge in [0.05, 0.1) is 7.11 Å². The van der Waals surface area contributed by atoms with Gasteiger partial charge in [-0.25, -0.2) is 4.79 Å². The van der Waals surface area contributed by atoms with Crippen molar-refractivity contribution in [2.45, 2.75) is 58.2 Å². The Morgan fingerprint density at radius 1 is 0.741 bits per heavy atom. The molecule has 1 aliphatic heterocycles. The molecule has 11 nitrogen and oxygen atoms in total. The average Bonchev–Trinajstić information content (AvgIpc) is 2.54. The summed E-state index contributed by atoms with van der Waals surface area (Å²) in [6.07, 6.45) is -6.84. The van der Waals surface area contributed by atoms with Crippen molar-refractivity contribution in [3.8, 4) is 0 Å². The van der Waals surface area contributed by atoms with E-state index < -0.39 is 67.0 Å². The Morgan fingerprint density at radius 2 is 1.22 bits per heavy atom. The number of carbonyl (C=O) groups is 5. The zero-order chi connectivity index (χ0) is 20.7. The number of hydrogen-bond acceptors (Lipinski definition) is 11. The molecule has 5 unspecified atom stereocenters. The molecular weight excluding hydrogens is 368 g/mol. The van der Waals surface area contributed by atoms with Crippen LogP contribution in [0.3, 0.4) is 0 Å². The maximum Gasteiger partial charge on any atom is 0.339 e. The predicted octanol–water partition coefficient (Wildman–Crippen LogP) is -0.715. The second-order valence-electron chi connectivity index (χ2n) is 5.64. The van der Waals surface area contributed by atoms with Crippen LogP contribution in [-0.2, 0) is 52.4 Å². The summed E-state index contributed by atoms with van der Waals surface area (Å²) in [5.74, 6) is -3.92. The number of methoxy groups -OCH3 is 1. The van der Waals surface area contributed by atoms with Crippen LogP contribution in [0.1, 0.15) is 27.7 Å². The fourth-order valence-corrected chi connectivity index (χ4v) is 2.53. The monoisotopic (exact) mass is 390 g/mol. The standard InChI is InChI=1S/C16H22O11/c1-7(17)23-6-11-12(24-8(2)18)13(25-9(3)19)14(26-10(4)20)15(27-11)16(21)22-5/h11-15H,6H2,1-5H3. The third-order valence-electron chi connectivity index (χ3n) is 3.42. The van der Waals surface area contributed by atoms with Crippen LogP contribution in [0.4, 0.5) is 0 Å². The second-order valence-corrected chi connectivity index (χ2v) is 5.64. The molecule has 0 aliphatic carbocycles. The third kappa shape index (κ3) is 6.51. The minimum absolute atomic E-state index is 0.411. The topological polar surface area (TPSA) is 141 Å². The third-order valence-corrected chi connectivity index (χ3v) is 3.42. The van der Waals surface area contributed by atoms with Gasteiger partial charge in [0.2, 0.25) is 0 Å². The van der Waals surface area contributed by atoms with Gasteiger partial charge in [-0.3, -0.25) is 19.2 Å². The molecule has 0 radical (unpaired) electrons. The minimum atomic E-state index is -1.50. The van der Waals surface area contributed by atoms with Gasteiger partial charge in [0, 0.05) is 27.7 Å². The van der Waals surface area contributed by atoms with Crippen molar-refractivity contribution in [3.63, 3.8) is 0 Å². The molecule has 5 atom stereocenters. The molecule has 1 aliphatic rings. The highest BCUT2D eigenvalue weighted by Crippen LogP contribution is 2.29. The summed E-state index contributed by atoms with van der Waals surface area (Å²) >= 11 is 0. The number of rotatable bonds is 6. The van der Waals surface area contributed by atoms with Crippen molar-refractivity contribution in [2.75, 3.05) is 13.7 Å². The maximum atomic E-state index is 12.1. The van der Waals surface area contributed by atoms with Crippen LogP contribution in [0.15, 0.2) is 0 Å². The van der Waals surface area contributed by atoms with Gasteiger partial charge in [-0.15, -0.1) is 0 Å². The molecule has 1 fully saturated rings. The van der Waals surface area contributed by atoms with Gasteiger partial charge in [-0.2, -0.15) is 0 Å². The Labute approximate surface area is 155 Å². The smallest absolute Gasteiger partial charge is 0.339 e. The van der Waals surface area contributed by atoms with Gasteiger partial charge in [0.15, 0.2) is 24.4 Å². The molecule has 152 valence electrons. The van der Waals surface area contributed by atoms with E-state index in [1.54, 1.807) is 0 Å². The van der Waals surface area contributed by atoms with Gasteiger partial charge in [0.1, 0.15) is 12.7 Å². The van der Waals surface area contributed by atoms with Crippen LogP contribution in [0.2, 0.25) is 0 Å². The fourth-order valence-electron chi connectivity index (χ4n) is 2.53. The lowest BCUT2D eigenvalue weighted by Gasteiger charge is -2.43. The van der Waals surface area contributed by atoms with Crippen LogP contribution >= 0.6 is 0 Å². The van der Waals surface area contributed by atoms with Crippen molar-refractivity contribution in [2.24, 2.45) is 0 Å². The van der Waals surface area contributed by atoms with E-state index in [0.717, 1.165) is 34.8 Å². The maximum absolute atomic E-state index is 12.1. The van der Waals surface area contributed by atoms with Crippen LogP contribution in [0.25, 0.3) is 0 Å². The summed E-state index contributed by atoms with van der Waals surface area (Å²) in [7, 11) is 1.08. The quantitative estimate of drug-likeness (QED) is 0.419. The largest absolute Gasteiger partial charge is 0.467 e. The molecule has 0 saturated carbocycles. The van der Waals surface area contributed by atoms with Gasteiger partial charge in [-0.05, 0) is 0 Å². The summed E-state index contributed by atoms with van der Waals surface area (Å²) < 4.78 is 30.4. The highest BCUT2D eigenvalue weighted by molar-refractivity contribution is 5.77. The van der Waals surface area contributed by atoms with E-state index in [-0.39, 0.29) is 0 Å². The molecule has 1 rings (SSSR count). The van der Waals surface area contributed by atoms with Gasteiger partial charge < -0.3 is 28.4 Å². The first-order valence-corrected chi connectivity index (χ1v) is 7.95. The molecule has 0 aromatic rings. The van der Waals surface area contributed by atoms with E-state index >= 15 is 0 Å². The molecule has 11 heteroatoms. The Balaban J connectivity index is 3.33. The van der Waals surface area contributed by atoms with E-state index in [0.29, 0.717) is 0 Å². The summed E-state index contributed by atoms with van der Waals surface area (Å²) in [5.41, 5.74) is 0. The van der Waals surface area contributed by atoms with E-state index in [1.807, 2.05) is 0 Å². The van der Waals surface area contributed by atoms with Crippen molar-refractivity contribution in [3.05, 3.63) is 0 Å². The Bertz CT molecular complexity index is 599. The first-order valence-electron chi connectivity index (χ1n) is 7.95. The minimum Gasteiger partial charge on any atom is -0.467 e. The van der Waals surface area contributed by atoms with Gasteiger partial charge >= 0.3 is 29.8 Å². The van der Waals surface area contributed by atoms with E-state index in [1.165, 1.54) is 0 Å². The molecule has 0 spiro atoms. The number of carbonyl (C=O) groups excluding carboxylic acids is 5. The summed E-state index contributed by atoms with van der Waals surface area (Å²) in [6, 6.07) is 0. The van der Waals surface area contributed by atoms with Gasteiger partial charge in [0.25, 0.3) is 0 Å². The van der Waals surface area contributed by atoms with Crippen LogP contribution < -0.4 is 0 Å². The van der Waals surface area contributed by atoms with Crippen molar-refractivity contribution >= 4 is 29.8 Å². The molecule has 27 heavy (non-hydrogen) atoms.